The molecule has 0 unspecified atom stereocenters. The Bertz CT molecular complexity index is 518. The summed E-state index contributed by atoms with van der Waals surface area (Å²) in [5, 5.41) is 3.58. The Kier molecular flexibility index (Phi) is 7.06. The number of halogens is 1. The molecule has 0 atom stereocenters. The van der Waals surface area contributed by atoms with Crippen molar-refractivity contribution in [2.75, 3.05) is 12.4 Å². The highest BCUT2D eigenvalue weighted by molar-refractivity contribution is 7.99. The van der Waals surface area contributed by atoms with Gasteiger partial charge in [-0.1, -0.05) is 42.6 Å². The molecular formula is C16H20ClNO3S. The summed E-state index contributed by atoms with van der Waals surface area (Å²) in [7, 11) is 0. The van der Waals surface area contributed by atoms with Gasteiger partial charge in [0.05, 0.1) is 5.75 Å². The number of carbonyl (C=O) groups excluding carboxylic acids is 2. The number of rotatable bonds is 7. The van der Waals surface area contributed by atoms with Crippen molar-refractivity contribution in [1.29, 1.82) is 0 Å². The van der Waals surface area contributed by atoms with Gasteiger partial charge in [0.1, 0.15) is 0 Å². The minimum atomic E-state index is -0.376. The fourth-order valence-corrected chi connectivity index (χ4v) is 3.49. The van der Waals surface area contributed by atoms with Gasteiger partial charge < -0.3 is 10.1 Å². The van der Waals surface area contributed by atoms with Crippen LogP contribution in [0.2, 0.25) is 5.02 Å². The molecule has 4 nitrogen and oxygen atoms in total. The van der Waals surface area contributed by atoms with Crippen molar-refractivity contribution in [3.05, 3.63) is 34.9 Å². The molecule has 1 aromatic carbocycles. The molecule has 0 aliphatic heterocycles. The number of benzene rings is 1. The van der Waals surface area contributed by atoms with Crippen LogP contribution in [0.4, 0.5) is 0 Å². The molecule has 0 bridgehead atoms. The molecule has 0 saturated heterocycles. The molecular weight excluding hydrogens is 322 g/mol. The lowest BCUT2D eigenvalue weighted by atomic mass is 10.2. The van der Waals surface area contributed by atoms with Crippen LogP contribution in [-0.2, 0) is 20.1 Å². The summed E-state index contributed by atoms with van der Waals surface area (Å²) < 4.78 is 4.98. The molecule has 0 heterocycles. The van der Waals surface area contributed by atoms with E-state index in [9.17, 15) is 9.59 Å². The molecule has 1 saturated carbocycles. The molecule has 1 aliphatic carbocycles. The quantitative estimate of drug-likeness (QED) is 0.774. The lowest BCUT2D eigenvalue weighted by Gasteiger charge is -2.11. The van der Waals surface area contributed by atoms with E-state index in [0.717, 1.165) is 31.2 Å². The van der Waals surface area contributed by atoms with Gasteiger partial charge in [-0.3, -0.25) is 9.59 Å². The number of thioether (sulfide) groups is 1. The predicted molar refractivity (Wildman–Crippen MR) is 89.0 cm³/mol. The van der Waals surface area contributed by atoms with Gasteiger partial charge in [-0.05, 0) is 24.5 Å². The highest BCUT2D eigenvalue weighted by atomic mass is 35.5. The number of ether oxygens (including phenoxy) is 1. The highest BCUT2D eigenvalue weighted by Crippen LogP contribution is 2.20. The first-order chi connectivity index (χ1) is 10.6. The van der Waals surface area contributed by atoms with Crippen LogP contribution in [0, 0.1) is 0 Å². The van der Waals surface area contributed by atoms with Gasteiger partial charge in [0, 0.05) is 16.8 Å². The Labute approximate surface area is 139 Å². The van der Waals surface area contributed by atoms with E-state index in [4.69, 9.17) is 16.3 Å². The zero-order valence-corrected chi connectivity index (χ0v) is 13.9. The molecule has 0 radical (unpaired) electrons. The molecule has 1 fully saturated rings. The molecule has 2 rings (SSSR count). The van der Waals surface area contributed by atoms with Gasteiger partial charge in [0.2, 0.25) is 0 Å². The van der Waals surface area contributed by atoms with E-state index in [-0.39, 0.29) is 30.3 Å². The standard InChI is InChI=1S/C16H20ClNO3S/c17-14-8-4-1-5-12(14)10-22-11-16(20)21-9-15(19)18-13-6-2-3-7-13/h1,4-5,8,13H,2-3,6-7,9-11H2,(H,18,19). The highest BCUT2D eigenvalue weighted by Gasteiger charge is 2.17. The topological polar surface area (TPSA) is 55.4 Å². The number of hydrogen-bond acceptors (Lipinski definition) is 4. The SMILES string of the molecule is O=C(COC(=O)CSCc1ccccc1Cl)NC1CCCC1. The van der Waals surface area contributed by atoms with Crippen LogP contribution >= 0.6 is 23.4 Å². The third kappa shape index (κ3) is 5.89. The van der Waals surface area contributed by atoms with Crippen molar-refractivity contribution >= 4 is 35.2 Å². The van der Waals surface area contributed by atoms with Crippen LogP contribution in [0.15, 0.2) is 24.3 Å². The first-order valence-electron chi connectivity index (χ1n) is 7.41. The van der Waals surface area contributed by atoms with E-state index in [2.05, 4.69) is 5.32 Å². The summed E-state index contributed by atoms with van der Waals surface area (Å²) in [4.78, 5) is 23.2. The Morgan fingerprint density at radius 2 is 2.00 bits per heavy atom. The first-order valence-corrected chi connectivity index (χ1v) is 8.94. The molecule has 0 spiro atoms. The maximum atomic E-state index is 11.6. The Hall–Kier alpha value is -1.20. The smallest absolute Gasteiger partial charge is 0.316 e. The summed E-state index contributed by atoms with van der Waals surface area (Å²) in [6, 6.07) is 7.78. The minimum absolute atomic E-state index is 0.192. The van der Waals surface area contributed by atoms with Crippen LogP contribution in [0.25, 0.3) is 0 Å². The fraction of sp³-hybridized carbons (Fsp3) is 0.500. The molecule has 1 N–H and O–H groups in total. The van der Waals surface area contributed by atoms with Crippen LogP contribution in [0.3, 0.4) is 0 Å². The third-order valence-electron chi connectivity index (χ3n) is 3.52. The summed E-state index contributed by atoms with van der Waals surface area (Å²) in [6.07, 6.45) is 4.35. The summed E-state index contributed by atoms with van der Waals surface area (Å²) in [5.41, 5.74) is 0.987. The van der Waals surface area contributed by atoms with Crippen molar-refractivity contribution in [3.8, 4) is 0 Å². The number of esters is 1. The van der Waals surface area contributed by atoms with Crippen molar-refractivity contribution < 1.29 is 14.3 Å². The monoisotopic (exact) mass is 341 g/mol. The molecule has 1 aromatic rings. The zero-order valence-electron chi connectivity index (χ0n) is 12.3. The Morgan fingerprint density at radius 1 is 1.27 bits per heavy atom. The molecule has 120 valence electrons. The van der Waals surface area contributed by atoms with Crippen molar-refractivity contribution in [2.24, 2.45) is 0 Å². The summed E-state index contributed by atoms with van der Waals surface area (Å²) in [5.74, 6) is 0.264. The first kappa shape index (κ1) is 17.2. The number of nitrogens with one attached hydrogen (secondary N) is 1. The van der Waals surface area contributed by atoms with Crippen LogP contribution in [-0.4, -0.2) is 30.3 Å². The van der Waals surface area contributed by atoms with Crippen LogP contribution in [0.1, 0.15) is 31.2 Å². The third-order valence-corrected chi connectivity index (χ3v) is 4.84. The molecule has 0 aromatic heterocycles. The fourth-order valence-electron chi connectivity index (χ4n) is 2.39. The Morgan fingerprint density at radius 3 is 2.73 bits per heavy atom. The second-order valence-electron chi connectivity index (χ2n) is 5.29. The number of hydrogen-bond donors (Lipinski definition) is 1. The maximum Gasteiger partial charge on any atom is 0.316 e. The largest absolute Gasteiger partial charge is 0.455 e. The lowest BCUT2D eigenvalue weighted by molar-refractivity contribution is -0.146. The average molecular weight is 342 g/mol. The van der Waals surface area contributed by atoms with Gasteiger partial charge in [-0.15, -0.1) is 11.8 Å². The van der Waals surface area contributed by atoms with E-state index >= 15 is 0 Å². The van der Waals surface area contributed by atoms with Gasteiger partial charge in [0.15, 0.2) is 6.61 Å². The van der Waals surface area contributed by atoms with Gasteiger partial charge in [0.25, 0.3) is 5.91 Å². The molecule has 1 aliphatic rings. The van der Waals surface area contributed by atoms with Crippen LogP contribution < -0.4 is 5.32 Å². The predicted octanol–water partition coefficient (Wildman–Crippen LogP) is 3.18. The second kappa shape index (κ2) is 9.06. The maximum absolute atomic E-state index is 11.6. The van der Waals surface area contributed by atoms with Crippen molar-refractivity contribution in [2.45, 2.75) is 37.5 Å². The minimum Gasteiger partial charge on any atom is -0.455 e. The van der Waals surface area contributed by atoms with Crippen molar-refractivity contribution in [3.63, 3.8) is 0 Å². The van der Waals surface area contributed by atoms with E-state index in [0.29, 0.717) is 10.8 Å². The molecule has 22 heavy (non-hydrogen) atoms. The Balaban J connectivity index is 1.59. The lowest BCUT2D eigenvalue weighted by Crippen LogP contribution is -2.36. The molecule has 1 amide bonds. The normalized spacial score (nSPS) is 14.8. The van der Waals surface area contributed by atoms with Gasteiger partial charge >= 0.3 is 5.97 Å². The van der Waals surface area contributed by atoms with Crippen LogP contribution in [0.5, 0.6) is 0 Å². The second-order valence-corrected chi connectivity index (χ2v) is 6.69. The van der Waals surface area contributed by atoms with Crippen molar-refractivity contribution in [1.82, 2.24) is 5.32 Å². The van der Waals surface area contributed by atoms with Gasteiger partial charge in [-0.25, -0.2) is 0 Å². The van der Waals surface area contributed by atoms with E-state index in [1.54, 1.807) is 0 Å². The number of amides is 1. The van der Waals surface area contributed by atoms with E-state index in [1.807, 2.05) is 24.3 Å². The van der Waals surface area contributed by atoms with Gasteiger partial charge in [-0.2, -0.15) is 0 Å². The summed E-state index contributed by atoms with van der Waals surface area (Å²) >= 11 is 7.46. The number of carbonyl (C=O) groups is 2. The van der Waals surface area contributed by atoms with E-state index < -0.39 is 0 Å². The molecule has 6 heteroatoms. The average Bonchev–Trinajstić information content (AvgIpc) is 3.00. The summed E-state index contributed by atoms with van der Waals surface area (Å²) in [6.45, 7) is -0.192. The zero-order chi connectivity index (χ0) is 15.8. The van der Waals surface area contributed by atoms with E-state index in [1.165, 1.54) is 11.8 Å².